The minimum atomic E-state index is -1.98. The normalized spacial score (nSPS) is 12.3. The second kappa shape index (κ2) is 12.7. The molecule has 7 heteroatoms. The van der Waals surface area contributed by atoms with Crippen LogP contribution in [-0.4, -0.2) is 38.5 Å². The van der Waals surface area contributed by atoms with Crippen molar-refractivity contribution in [1.82, 2.24) is 4.90 Å². The molecular formula is C29H44INO4Si. The standard InChI is InChI=1S/C29H44INO4Si/c1-20(2)36(21(3)4,22(5)6)35-25-14-12-24(13-15-25)33-27-16-11-23(19-26(27)30)17-18-31(10)28(32)34-29(7,8)9/h11-16,19-22H,17-18H2,1-10H3. The molecule has 2 aromatic rings. The van der Waals surface area contributed by atoms with Crippen molar-refractivity contribution in [2.24, 2.45) is 0 Å². The largest absolute Gasteiger partial charge is 0.543 e. The van der Waals surface area contributed by atoms with Gasteiger partial charge in [-0.15, -0.1) is 0 Å². The topological polar surface area (TPSA) is 48.0 Å². The highest BCUT2D eigenvalue weighted by molar-refractivity contribution is 14.1. The zero-order valence-electron chi connectivity index (χ0n) is 23.6. The predicted octanol–water partition coefficient (Wildman–Crippen LogP) is 9.05. The highest BCUT2D eigenvalue weighted by Crippen LogP contribution is 2.43. The number of halogens is 1. The van der Waals surface area contributed by atoms with E-state index in [4.69, 9.17) is 13.9 Å². The summed E-state index contributed by atoms with van der Waals surface area (Å²) in [5.41, 5.74) is 2.22. The maximum Gasteiger partial charge on any atom is 0.410 e. The van der Waals surface area contributed by atoms with Crippen molar-refractivity contribution in [1.29, 1.82) is 0 Å². The molecule has 200 valence electrons. The number of ether oxygens (including phenoxy) is 2. The quantitative estimate of drug-likeness (QED) is 0.195. The maximum atomic E-state index is 12.2. The lowest BCUT2D eigenvalue weighted by Crippen LogP contribution is -2.50. The van der Waals surface area contributed by atoms with Crippen LogP contribution in [0.1, 0.15) is 67.9 Å². The average Bonchev–Trinajstić information content (AvgIpc) is 2.76. The van der Waals surface area contributed by atoms with E-state index in [-0.39, 0.29) is 6.09 Å². The van der Waals surface area contributed by atoms with Gasteiger partial charge in [0.15, 0.2) is 0 Å². The molecular weight excluding hydrogens is 581 g/mol. The summed E-state index contributed by atoms with van der Waals surface area (Å²) in [5.74, 6) is 2.51. The number of carbonyl (C=O) groups excluding carboxylic acids is 1. The molecule has 0 aliphatic carbocycles. The fourth-order valence-electron chi connectivity index (χ4n) is 4.77. The summed E-state index contributed by atoms with van der Waals surface area (Å²) in [5, 5.41) is 0. The number of carbonyl (C=O) groups is 1. The van der Waals surface area contributed by atoms with Gasteiger partial charge in [-0.05, 0) is 108 Å². The molecule has 2 rings (SSSR count). The maximum absolute atomic E-state index is 12.2. The third kappa shape index (κ3) is 8.13. The van der Waals surface area contributed by atoms with E-state index in [1.54, 1.807) is 11.9 Å². The highest BCUT2D eigenvalue weighted by Gasteiger charge is 2.46. The number of nitrogens with zero attached hydrogens (tertiary/aromatic N) is 1. The van der Waals surface area contributed by atoms with E-state index in [9.17, 15) is 4.79 Å². The van der Waals surface area contributed by atoms with E-state index < -0.39 is 13.9 Å². The lowest BCUT2D eigenvalue weighted by atomic mass is 10.1. The molecule has 0 unspecified atom stereocenters. The Bertz CT molecular complexity index is 978. The van der Waals surface area contributed by atoms with Crippen LogP contribution in [0.4, 0.5) is 4.79 Å². The third-order valence-electron chi connectivity index (χ3n) is 6.49. The first-order valence-corrected chi connectivity index (χ1v) is 16.1. The fourth-order valence-corrected chi connectivity index (χ4v) is 10.7. The molecule has 0 spiro atoms. The van der Waals surface area contributed by atoms with Gasteiger partial charge in [-0.25, -0.2) is 4.79 Å². The Labute approximate surface area is 233 Å². The van der Waals surface area contributed by atoms with Crippen molar-refractivity contribution in [2.45, 2.75) is 91.0 Å². The third-order valence-corrected chi connectivity index (χ3v) is 13.3. The average molecular weight is 626 g/mol. The van der Waals surface area contributed by atoms with E-state index in [1.807, 2.05) is 57.2 Å². The first kappa shape index (κ1) is 30.5. The van der Waals surface area contributed by atoms with Crippen LogP contribution < -0.4 is 9.16 Å². The molecule has 2 aromatic carbocycles. The van der Waals surface area contributed by atoms with Gasteiger partial charge in [0, 0.05) is 13.6 Å². The molecule has 0 fully saturated rings. The van der Waals surface area contributed by atoms with Crippen LogP contribution in [0, 0.1) is 3.57 Å². The van der Waals surface area contributed by atoms with Crippen molar-refractivity contribution < 1.29 is 18.7 Å². The van der Waals surface area contributed by atoms with Crippen molar-refractivity contribution in [3.8, 4) is 17.2 Å². The van der Waals surface area contributed by atoms with E-state index in [0.29, 0.717) is 23.2 Å². The first-order chi connectivity index (χ1) is 16.7. The smallest absolute Gasteiger partial charge is 0.410 e. The molecule has 0 bridgehead atoms. The van der Waals surface area contributed by atoms with Crippen LogP contribution >= 0.6 is 22.6 Å². The zero-order chi connectivity index (χ0) is 27.3. The van der Waals surface area contributed by atoms with Crippen LogP contribution in [0.2, 0.25) is 16.6 Å². The summed E-state index contributed by atoms with van der Waals surface area (Å²) < 4.78 is 19.4. The number of hydrogen-bond acceptors (Lipinski definition) is 4. The second-order valence-corrected chi connectivity index (χ2v) is 17.9. The van der Waals surface area contributed by atoms with Crippen LogP contribution in [0.15, 0.2) is 42.5 Å². The second-order valence-electron chi connectivity index (χ2n) is 11.4. The van der Waals surface area contributed by atoms with Crippen molar-refractivity contribution in [3.05, 3.63) is 51.6 Å². The summed E-state index contributed by atoms with van der Waals surface area (Å²) in [4.78, 5) is 13.8. The van der Waals surface area contributed by atoms with Gasteiger partial charge in [0.1, 0.15) is 22.8 Å². The van der Waals surface area contributed by atoms with Crippen LogP contribution in [0.5, 0.6) is 17.2 Å². The molecule has 0 saturated carbocycles. The van der Waals surface area contributed by atoms with E-state index in [2.05, 4.69) is 70.2 Å². The summed E-state index contributed by atoms with van der Waals surface area (Å²) in [6.07, 6.45) is 0.435. The van der Waals surface area contributed by atoms with Crippen molar-refractivity contribution >= 4 is 37.0 Å². The van der Waals surface area contributed by atoms with Gasteiger partial charge in [0.2, 0.25) is 0 Å². The molecule has 0 aliphatic heterocycles. The van der Waals surface area contributed by atoms with E-state index in [0.717, 1.165) is 32.8 Å². The molecule has 0 aliphatic rings. The molecule has 5 nitrogen and oxygen atoms in total. The lowest BCUT2D eigenvalue weighted by molar-refractivity contribution is 0.0300. The van der Waals surface area contributed by atoms with Gasteiger partial charge in [0.05, 0.1) is 3.57 Å². The van der Waals surface area contributed by atoms with Gasteiger partial charge >= 0.3 is 6.09 Å². The Balaban J connectivity index is 2.04. The molecule has 36 heavy (non-hydrogen) atoms. The minimum absolute atomic E-state index is 0.306. The Morgan fingerprint density at radius 3 is 1.92 bits per heavy atom. The SMILES string of the molecule is CC(C)[Si](Oc1ccc(Oc2ccc(CCN(C)C(=O)OC(C)(C)C)cc2I)cc1)(C(C)C)C(C)C. The first-order valence-electron chi connectivity index (χ1n) is 12.8. The molecule has 0 heterocycles. The molecule has 1 amide bonds. The predicted molar refractivity (Wildman–Crippen MR) is 160 cm³/mol. The lowest BCUT2D eigenvalue weighted by Gasteiger charge is -2.42. The Morgan fingerprint density at radius 1 is 0.917 bits per heavy atom. The molecule has 0 aromatic heterocycles. The summed E-state index contributed by atoms with van der Waals surface area (Å²) in [6.45, 7) is 20.0. The number of hydrogen-bond donors (Lipinski definition) is 0. The van der Waals surface area contributed by atoms with Gasteiger partial charge in [-0.1, -0.05) is 47.6 Å². The van der Waals surface area contributed by atoms with Crippen molar-refractivity contribution in [2.75, 3.05) is 13.6 Å². The van der Waals surface area contributed by atoms with Gasteiger partial charge in [0.25, 0.3) is 8.32 Å². The van der Waals surface area contributed by atoms with Crippen LogP contribution in [0.25, 0.3) is 0 Å². The highest BCUT2D eigenvalue weighted by atomic mass is 127. The summed E-state index contributed by atoms with van der Waals surface area (Å²) in [6, 6.07) is 14.2. The van der Waals surface area contributed by atoms with E-state index in [1.165, 1.54) is 0 Å². The van der Waals surface area contributed by atoms with E-state index >= 15 is 0 Å². The van der Waals surface area contributed by atoms with Gasteiger partial charge < -0.3 is 18.8 Å². The number of benzene rings is 2. The zero-order valence-corrected chi connectivity index (χ0v) is 26.8. The number of amides is 1. The molecule has 0 radical (unpaired) electrons. The fraction of sp³-hybridized carbons (Fsp3) is 0.552. The van der Waals surface area contributed by atoms with Gasteiger partial charge in [-0.2, -0.15) is 0 Å². The summed E-state index contributed by atoms with van der Waals surface area (Å²) in [7, 11) is -0.221. The number of likely N-dealkylation sites (N-methyl/N-ethyl adjacent to an activating group) is 1. The molecule has 0 atom stereocenters. The number of rotatable bonds is 10. The Hall–Kier alpha value is -1.74. The van der Waals surface area contributed by atoms with Crippen LogP contribution in [-0.2, 0) is 11.2 Å². The molecule has 0 N–H and O–H groups in total. The minimum Gasteiger partial charge on any atom is -0.543 e. The molecule has 0 saturated heterocycles. The Kier molecular flexibility index (Phi) is 10.7. The van der Waals surface area contributed by atoms with Gasteiger partial charge in [-0.3, -0.25) is 0 Å². The monoisotopic (exact) mass is 625 g/mol. The summed E-state index contributed by atoms with van der Waals surface area (Å²) >= 11 is 2.30. The van der Waals surface area contributed by atoms with Crippen molar-refractivity contribution in [3.63, 3.8) is 0 Å². The van der Waals surface area contributed by atoms with Crippen LogP contribution in [0.3, 0.4) is 0 Å². The Morgan fingerprint density at radius 2 is 1.44 bits per heavy atom.